The van der Waals surface area contributed by atoms with Gasteiger partial charge in [0, 0.05) is 21.8 Å². The minimum absolute atomic E-state index is 0. The minimum atomic E-state index is -1.26. The zero-order chi connectivity index (χ0) is 16.9. The molecule has 2 aromatic carbocycles. The van der Waals surface area contributed by atoms with Crippen molar-refractivity contribution in [2.75, 3.05) is 0 Å². The summed E-state index contributed by atoms with van der Waals surface area (Å²) in [6.07, 6.45) is 0.501. The topological polar surface area (TPSA) is 62.2 Å². The van der Waals surface area contributed by atoms with Crippen molar-refractivity contribution in [3.05, 3.63) is 80.2 Å². The van der Waals surface area contributed by atoms with Crippen molar-refractivity contribution >= 4 is 33.2 Å². The van der Waals surface area contributed by atoms with Crippen LogP contribution in [0.25, 0.3) is 0 Å². The van der Waals surface area contributed by atoms with Crippen LogP contribution in [0.3, 0.4) is 0 Å². The first kappa shape index (κ1) is 20.1. The number of ether oxygens (including phenoxy) is 1. The number of aromatic nitrogens is 1. The normalized spacial score (nSPS) is 10.1. The maximum absolute atomic E-state index is 10.8. The van der Waals surface area contributed by atoms with Crippen LogP contribution in [0.5, 0.6) is 5.75 Å². The molecule has 0 unspecified atom stereocenters. The Hall–Kier alpha value is -1.18. The first-order valence-corrected chi connectivity index (χ1v) is 8.90. The van der Waals surface area contributed by atoms with Gasteiger partial charge in [0.1, 0.15) is 12.4 Å². The Morgan fingerprint density at radius 1 is 1.20 bits per heavy atom. The van der Waals surface area contributed by atoms with Crippen molar-refractivity contribution in [3.63, 3.8) is 0 Å². The Morgan fingerprint density at radius 2 is 1.96 bits per heavy atom. The van der Waals surface area contributed by atoms with Gasteiger partial charge in [-0.05, 0) is 23.8 Å². The zero-order valence-electron chi connectivity index (χ0n) is 13.6. The second-order valence-electron chi connectivity index (χ2n) is 5.12. The summed E-state index contributed by atoms with van der Waals surface area (Å²) in [5.74, 6) is -0.500. The quantitative estimate of drug-likeness (QED) is 0.537. The third kappa shape index (κ3) is 5.66. The second-order valence-corrected chi connectivity index (χ2v) is 6.98. The van der Waals surface area contributed by atoms with E-state index in [-0.39, 0.29) is 35.3 Å². The van der Waals surface area contributed by atoms with Crippen LogP contribution in [-0.4, -0.2) is 11.0 Å². The summed E-state index contributed by atoms with van der Waals surface area (Å²) in [7, 11) is 0. The summed E-state index contributed by atoms with van der Waals surface area (Å²) in [4.78, 5) is 14.9. The molecule has 0 aliphatic carbocycles. The Kier molecular flexibility index (Phi) is 7.65. The number of rotatable bonds is 6. The van der Waals surface area contributed by atoms with Crippen LogP contribution in [0, 0.1) is 0 Å². The van der Waals surface area contributed by atoms with Crippen LogP contribution < -0.4 is 39.4 Å². The third-order valence-corrected chi connectivity index (χ3v) is 4.70. The van der Waals surface area contributed by atoms with Gasteiger partial charge in [-0.1, -0.05) is 46.3 Å². The summed E-state index contributed by atoms with van der Waals surface area (Å²) in [5.41, 5.74) is 2.00. The molecule has 0 saturated carbocycles. The number of aromatic carboxylic acids is 1. The fourth-order valence-electron chi connectivity index (χ4n) is 2.21. The van der Waals surface area contributed by atoms with Gasteiger partial charge >= 0.3 is 29.6 Å². The zero-order valence-corrected chi connectivity index (χ0v) is 18.0. The number of hydrogen-bond acceptors (Lipinski definition) is 5. The molecule has 0 fully saturated rings. The molecule has 0 aliphatic rings. The number of thiazole rings is 1. The molecule has 7 heteroatoms. The van der Waals surface area contributed by atoms with Gasteiger partial charge in [-0.2, -0.15) is 0 Å². The van der Waals surface area contributed by atoms with E-state index in [0.717, 1.165) is 21.3 Å². The molecule has 0 radical (unpaired) electrons. The van der Waals surface area contributed by atoms with Crippen molar-refractivity contribution in [3.8, 4) is 5.75 Å². The summed E-state index contributed by atoms with van der Waals surface area (Å²) < 4.78 is 6.86. The fourth-order valence-corrected chi connectivity index (χ4v) is 3.41. The Balaban J connectivity index is 0.00000225. The molecule has 0 aliphatic heterocycles. The molecule has 0 amide bonds. The Labute approximate surface area is 180 Å². The summed E-state index contributed by atoms with van der Waals surface area (Å²) in [5, 5.41) is 13.0. The van der Waals surface area contributed by atoms with Gasteiger partial charge in [-0.15, -0.1) is 11.3 Å². The van der Waals surface area contributed by atoms with Crippen LogP contribution in [0.15, 0.2) is 58.4 Å². The van der Waals surface area contributed by atoms with Gasteiger partial charge in [0.05, 0.1) is 16.7 Å². The first-order valence-electron chi connectivity index (χ1n) is 7.23. The van der Waals surface area contributed by atoms with Gasteiger partial charge in [-0.3, -0.25) is 0 Å². The molecule has 0 spiro atoms. The molecule has 4 nitrogen and oxygen atoms in total. The maximum atomic E-state index is 10.8. The van der Waals surface area contributed by atoms with Crippen LogP contribution >= 0.6 is 27.3 Å². The third-order valence-electron chi connectivity index (χ3n) is 3.36. The van der Waals surface area contributed by atoms with E-state index in [1.807, 2.05) is 48.5 Å². The Bertz CT molecular complexity index is 855. The molecule has 122 valence electrons. The van der Waals surface area contributed by atoms with Crippen molar-refractivity contribution < 1.29 is 44.2 Å². The monoisotopic (exact) mass is 425 g/mol. The molecule has 0 N–H and O–H groups in total. The summed E-state index contributed by atoms with van der Waals surface area (Å²) >= 11 is 4.76. The number of carbonyl (C=O) groups excluding carboxylic acids is 1. The number of nitrogens with zero attached hydrogens (tertiary/aromatic N) is 1. The molecule has 0 atom stereocenters. The van der Waals surface area contributed by atoms with E-state index in [2.05, 4.69) is 20.9 Å². The molecule has 0 bridgehead atoms. The summed E-state index contributed by atoms with van der Waals surface area (Å²) in [6, 6.07) is 15.7. The molecular formula is C18H13BrNNaO3S. The van der Waals surface area contributed by atoms with Crippen molar-refractivity contribution in [2.45, 2.75) is 13.0 Å². The van der Waals surface area contributed by atoms with Gasteiger partial charge in [0.25, 0.3) is 0 Å². The Morgan fingerprint density at radius 3 is 2.64 bits per heavy atom. The standard InChI is InChI=1S/C18H14BrNO3S.Na/c19-14-6-7-16(23-10-12-4-2-1-3-5-12)13(8-14)9-17-20-15(11-24-17)18(21)22;/h1-8,11H,9-10H2,(H,21,22);/q;+1/p-1. The molecule has 1 aromatic heterocycles. The summed E-state index contributed by atoms with van der Waals surface area (Å²) in [6.45, 7) is 0.470. The first-order chi connectivity index (χ1) is 11.6. The number of carboxylic acids is 1. The molecular weight excluding hydrogens is 413 g/mol. The van der Waals surface area contributed by atoms with Gasteiger partial charge in [-0.25, -0.2) is 4.98 Å². The minimum Gasteiger partial charge on any atom is -0.543 e. The predicted molar refractivity (Wildman–Crippen MR) is 94.2 cm³/mol. The molecule has 3 aromatic rings. The number of halogens is 1. The van der Waals surface area contributed by atoms with Crippen LogP contribution in [0.2, 0.25) is 0 Å². The largest absolute Gasteiger partial charge is 1.00 e. The van der Waals surface area contributed by atoms with E-state index < -0.39 is 5.97 Å². The van der Waals surface area contributed by atoms with Crippen molar-refractivity contribution in [1.82, 2.24) is 4.98 Å². The number of carboxylic acid groups (broad SMARTS) is 1. The average molecular weight is 426 g/mol. The average Bonchev–Trinajstić information content (AvgIpc) is 3.04. The predicted octanol–water partition coefficient (Wildman–Crippen LogP) is 0.443. The molecule has 3 rings (SSSR count). The number of carbonyl (C=O) groups is 1. The van der Waals surface area contributed by atoms with E-state index >= 15 is 0 Å². The van der Waals surface area contributed by atoms with Crippen LogP contribution in [0.4, 0.5) is 0 Å². The van der Waals surface area contributed by atoms with E-state index in [0.29, 0.717) is 18.0 Å². The van der Waals surface area contributed by atoms with Crippen molar-refractivity contribution in [2.24, 2.45) is 0 Å². The maximum Gasteiger partial charge on any atom is 1.00 e. The molecule has 1 heterocycles. The van der Waals surface area contributed by atoms with E-state index in [1.54, 1.807) is 0 Å². The number of hydrogen-bond donors (Lipinski definition) is 0. The smallest absolute Gasteiger partial charge is 0.543 e. The van der Waals surface area contributed by atoms with Gasteiger partial charge in [0.15, 0.2) is 0 Å². The second kappa shape index (κ2) is 9.50. The van der Waals surface area contributed by atoms with E-state index in [1.165, 1.54) is 16.7 Å². The van der Waals surface area contributed by atoms with Crippen molar-refractivity contribution in [1.29, 1.82) is 0 Å². The fraction of sp³-hybridized carbons (Fsp3) is 0.111. The molecule has 0 saturated heterocycles. The SMILES string of the molecule is O=C([O-])c1csc(Cc2cc(Br)ccc2OCc2ccccc2)n1.[Na+]. The van der Waals surface area contributed by atoms with Gasteiger partial charge in [0.2, 0.25) is 0 Å². The van der Waals surface area contributed by atoms with E-state index in [9.17, 15) is 9.90 Å². The van der Waals surface area contributed by atoms with Gasteiger partial charge < -0.3 is 14.6 Å². The number of benzene rings is 2. The van der Waals surface area contributed by atoms with E-state index in [4.69, 9.17) is 4.74 Å². The van der Waals surface area contributed by atoms with Crippen LogP contribution in [-0.2, 0) is 13.0 Å². The van der Waals surface area contributed by atoms with Crippen LogP contribution in [0.1, 0.15) is 26.6 Å². The molecule has 25 heavy (non-hydrogen) atoms.